The van der Waals surface area contributed by atoms with Crippen molar-refractivity contribution in [1.82, 2.24) is 25.1 Å². The predicted octanol–water partition coefficient (Wildman–Crippen LogP) is 1.52. The quantitative estimate of drug-likeness (QED) is 0.709. The zero-order valence-electron chi connectivity index (χ0n) is 17.5. The Hall–Kier alpha value is -3.33. The van der Waals surface area contributed by atoms with Crippen molar-refractivity contribution in [2.75, 3.05) is 19.8 Å². The van der Waals surface area contributed by atoms with Gasteiger partial charge in [-0.2, -0.15) is 15.1 Å². The van der Waals surface area contributed by atoms with Gasteiger partial charge in [0.2, 0.25) is 0 Å². The van der Waals surface area contributed by atoms with Gasteiger partial charge >= 0.3 is 6.01 Å². The highest BCUT2D eigenvalue weighted by atomic mass is 16.5. The number of nitrogens with zero attached hydrogens (tertiary/aromatic N) is 4. The molecule has 0 aliphatic heterocycles. The van der Waals surface area contributed by atoms with Crippen molar-refractivity contribution in [3.63, 3.8) is 0 Å². The first kappa shape index (κ1) is 21.4. The highest BCUT2D eigenvalue weighted by Crippen LogP contribution is 2.25. The number of aliphatic hydroxyl groups excluding tert-OH is 1. The third-order valence-corrected chi connectivity index (χ3v) is 4.87. The number of aromatic nitrogens is 4. The number of ketones is 1. The molecule has 30 heavy (non-hydrogen) atoms. The fourth-order valence-corrected chi connectivity index (χ4v) is 3.35. The molecule has 2 heterocycles. The van der Waals surface area contributed by atoms with Gasteiger partial charge in [0.25, 0.3) is 5.91 Å². The molecule has 158 valence electrons. The lowest BCUT2D eigenvalue weighted by Crippen LogP contribution is -2.31. The summed E-state index contributed by atoms with van der Waals surface area (Å²) in [6.07, 6.45) is 3.95. The average Bonchev–Trinajstić information content (AvgIpc) is 3.11. The number of nitrogens with one attached hydrogen (secondary N) is 1. The predicted molar refractivity (Wildman–Crippen MR) is 110 cm³/mol. The normalized spacial score (nSPS) is 14.0. The van der Waals surface area contributed by atoms with Crippen LogP contribution in [-0.2, 0) is 11.8 Å². The Labute approximate surface area is 174 Å². The van der Waals surface area contributed by atoms with Crippen LogP contribution in [0, 0.1) is 6.92 Å². The van der Waals surface area contributed by atoms with E-state index < -0.39 is 5.91 Å². The zero-order valence-corrected chi connectivity index (χ0v) is 17.5. The lowest BCUT2D eigenvalue weighted by molar-refractivity contribution is -0.115. The van der Waals surface area contributed by atoms with Gasteiger partial charge in [-0.3, -0.25) is 14.3 Å². The van der Waals surface area contributed by atoms with E-state index in [0.29, 0.717) is 28.9 Å². The molecule has 1 amide bonds. The van der Waals surface area contributed by atoms with Crippen molar-refractivity contribution >= 4 is 11.7 Å². The second-order valence-corrected chi connectivity index (χ2v) is 7.18. The highest BCUT2D eigenvalue weighted by Gasteiger charge is 2.22. The molecule has 2 N–H and O–H groups in total. The van der Waals surface area contributed by atoms with Gasteiger partial charge < -0.3 is 15.2 Å². The number of carbonyl (C=O) groups excluding carboxylic acids is 2. The lowest BCUT2D eigenvalue weighted by Gasteiger charge is -2.17. The summed E-state index contributed by atoms with van der Waals surface area (Å²) < 4.78 is 7.00. The van der Waals surface area contributed by atoms with E-state index in [0.717, 1.165) is 11.1 Å². The van der Waals surface area contributed by atoms with Crippen LogP contribution >= 0.6 is 0 Å². The molecule has 9 nitrogen and oxygen atoms in total. The van der Waals surface area contributed by atoms with E-state index in [1.165, 1.54) is 0 Å². The number of hydrogen-bond donors (Lipinski definition) is 2. The van der Waals surface area contributed by atoms with Gasteiger partial charge in [-0.1, -0.05) is 11.6 Å². The van der Waals surface area contributed by atoms with Gasteiger partial charge in [0.15, 0.2) is 5.78 Å². The van der Waals surface area contributed by atoms with Crippen LogP contribution in [-0.4, -0.2) is 56.3 Å². The molecule has 0 atom stereocenters. The van der Waals surface area contributed by atoms with Gasteiger partial charge in [-0.25, -0.2) is 0 Å². The van der Waals surface area contributed by atoms with Crippen LogP contribution < -0.4 is 10.1 Å². The number of rotatable bonds is 7. The van der Waals surface area contributed by atoms with Crippen molar-refractivity contribution in [3.8, 4) is 17.4 Å². The maximum Gasteiger partial charge on any atom is 0.317 e. The number of hydrogen-bond acceptors (Lipinski definition) is 7. The fourth-order valence-electron chi connectivity index (χ4n) is 3.35. The molecule has 0 aromatic carbocycles. The fraction of sp³-hybridized carbons (Fsp3) is 0.381. The molecule has 0 unspecified atom stereocenters. The van der Waals surface area contributed by atoms with Crippen LogP contribution in [0.15, 0.2) is 35.1 Å². The summed E-state index contributed by atoms with van der Waals surface area (Å²) >= 11 is 0. The zero-order chi connectivity index (χ0) is 21.8. The Bertz CT molecular complexity index is 1050. The van der Waals surface area contributed by atoms with Crippen molar-refractivity contribution in [2.45, 2.75) is 27.2 Å². The summed E-state index contributed by atoms with van der Waals surface area (Å²) in [5.74, 6) is -0.429. The molecular formula is C21H25N5O4. The molecule has 0 saturated heterocycles. The third kappa shape index (κ3) is 4.46. The van der Waals surface area contributed by atoms with Crippen LogP contribution in [0.5, 0.6) is 6.01 Å². The van der Waals surface area contributed by atoms with Gasteiger partial charge in [0, 0.05) is 37.3 Å². The minimum atomic E-state index is -0.438. The Morgan fingerprint density at radius 2 is 2.07 bits per heavy atom. The van der Waals surface area contributed by atoms with Gasteiger partial charge in [-0.05, 0) is 32.4 Å². The van der Waals surface area contributed by atoms with E-state index in [2.05, 4.69) is 20.4 Å². The molecule has 0 saturated carbocycles. The summed E-state index contributed by atoms with van der Waals surface area (Å²) in [6.45, 7) is 5.43. The number of allylic oxidation sites excluding steroid dienone is 3. The second kappa shape index (κ2) is 9.00. The summed E-state index contributed by atoms with van der Waals surface area (Å²) in [5, 5.41) is 16.0. The standard InChI is InChI=1S/C21H25N5O4/c1-12-9-13(2)15(17(28)10-12)11-22-20(29)19-14(3)18(16-5-6-23-26(16)4)24-21(25-19)30-8-7-27/h5-6,9,27H,7-8,10-11H2,1-4H3,(H,22,29). The number of ether oxygens (including phenoxy) is 1. The molecule has 0 radical (unpaired) electrons. The average molecular weight is 411 g/mol. The Morgan fingerprint density at radius 1 is 1.30 bits per heavy atom. The van der Waals surface area contributed by atoms with E-state index in [4.69, 9.17) is 9.84 Å². The Morgan fingerprint density at radius 3 is 2.70 bits per heavy atom. The molecule has 2 aromatic heterocycles. The number of aryl methyl sites for hydroxylation is 1. The number of aliphatic hydroxyl groups is 1. The molecule has 0 spiro atoms. The first-order valence-electron chi connectivity index (χ1n) is 9.60. The van der Waals surface area contributed by atoms with Crippen LogP contribution in [0.25, 0.3) is 11.4 Å². The van der Waals surface area contributed by atoms with Gasteiger partial charge in [-0.15, -0.1) is 0 Å². The molecule has 0 fully saturated rings. The highest BCUT2D eigenvalue weighted by molar-refractivity contribution is 6.01. The van der Waals surface area contributed by atoms with E-state index in [-0.39, 0.29) is 37.2 Å². The SMILES string of the molecule is CC1=CC(C)=C(CNC(=O)c2nc(OCCO)nc(-c3ccnn3C)c2C)C(=O)C1. The Kier molecular flexibility index (Phi) is 6.41. The molecular weight excluding hydrogens is 386 g/mol. The first-order chi connectivity index (χ1) is 14.3. The van der Waals surface area contributed by atoms with Crippen molar-refractivity contribution in [2.24, 2.45) is 7.05 Å². The Balaban J connectivity index is 1.92. The second-order valence-electron chi connectivity index (χ2n) is 7.18. The molecule has 9 heteroatoms. The van der Waals surface area contributed by atoms with Crippen LogP contribution in [0.2, 0.25) is 0 Å². The maximum absolute atomic E-state index is 12.9. The van der Waals surface area contributed by atoms with Crippen LogP contribution in [0.4, 0.5) is 0 Å². The van der Waals surface area contributed by atoms with Gasteiger partial charge in [0.1, 0.15) is 12.3 Å². The largest absolute Gasteiger partial charge is 0.461 e. The molecule has 2 aromatic rings. The smallest absolute Gasteiger partial charge is 0.317 e. The number of amides is 1. The molecule has 3 rings (SSSR count). The van der Waals surface area contributed by atoms with E-state index >= 15 is 0 Å². The molecule has 1 aliphatic rings. The van der Waals surface area contributed by atoms with E-state index in [9.17, 15) is 9.59 Å². The topological polar surface area (TPSA) is 119 Å². The molecule has 1 aliphatic carbocycles. The van der Waals surface area contributed by atoms with Crippen LogP contribution in [0.1, 0.15) is 36.3 Å². The monoisotopic (exact) mass is 411 g/mol. The lowest BCUT2D eigenvalue weighted by atomic mass is 9.92. The third-order valence-electron chi connectivity index (χ3n) is 4.87. The summed E-state index contributed by atoms with van der Waals surface area (Å²) in [6, 6.07) is 1.76. The number of carbonyl (C=O) groups is 2. The van der Waals surface area contributed by atoms with E-state index in [1.54, 1.807) is 30.9 Å². The van der Waals surface area contributed by atoms with E-state index in [1.807, 2.05) is 19.9 Å². The first-order valence-corrected chi connectivity index (χ1v) is 9.60. The van der Waals surface area contributed by atoms with Crippen molar-refractivity contribution < 1.29 is 19.4 Å². The van der Waals surface area contributed by atoms with Gasteiger partial charge in [0.05, 0.1) is 18.0 Å². The number of Topliss-reactive ketones (excluding diaryl/α,β-unsaturated/α-hetero) is 1. The molecule has 0 bridgehead atoms. The van der Waals surface area contributed by atoms with Crippen LogP contribution in [0.3, 0.4) is 0 Å². The maximum atomic E-state index is 12.9. The minimum Gasteiger partial charge on any atom is -0.461 e. The van der Waals surface area contributed by atoms with Crippen molar-refractivity contribution in [1.29, 1.82) is 0 Å². The summed E-state index contributed by atoms with van der Waals surface area (Å²) in [5.41, 5.74) is 4.34. The minimum absolute atomic E-state index is 0.00121. The summed E-state index contributed by atoms with van der Waals surface area (Å²) in [7, 11) is 1.77. The summed E-state index contributed by atoms with van der Waals surface area (Å²) in [4.78, 5) is 33.9. The van der Waals surface area contributed by atoms with Crippen molar-refractivity contribution in [3.05, 3.63) is 46.3 Å².